The summed E-state index contributed by atoms with van der Waals surface area (Å²) >= 11 is 3.44. The number of hydrogen-bond donors (Lipinski definition) is 0. The Morgan fingerprint density at radius 3 is 2.94 bits per heavy atom. The van der Waals surface area contributed by atoms with Gasteiger partial charge in [0.2, 0.25) is 0 Å². The standard InChI is InChI=1S/C12H8BrN3/c13-9-3-4-12-11(6-9)15-8-16(12)10-2-1-5-14-7-10/h1-8H. The van der Waals surface area contributed by atoms with E-state index >= 15 is 0 Å². The maximum atomic E-state index is 4.36. The highest BCUT2D eigenvalue weighted by atomic mass is 79.9. The van der Waals surface area contributed by atoms with Gasteiger partial charge in [0, 0.05) is 10.7 Å². The lowest BCUT2D eigenvalue weighted by molar-refractivity contribution is 1.07. The van der Waals surface area contributed by atoms with Crippen molar-refractivity contribution >= 4 is 27.0 Å². The van der Waals surface area contributed by atoms with Crippen LogP contribution in [-0.2, 0) is 0 Å². The molecule has 0 unspecified atom stereocenters. The van der Waals surface area contributed by atoms with E-state index in [1.165, 1.54) is 0 Å². The largest absolute Gasteiger partial charge is 0.297 e. The summed E-state index contributed by atoms with van der Waals surface area (Å²) in [5.41, 5.74) is 3.07. The van der Waals surface area contributed by atoms with E-state index in [9.17, 15) is 0 Å². The number of aromatic nitrogens is 3. The van der Waals surface area contributed by atoms with E-state index in [0.29, 0.717) is 0 Å². The molecule has 3 nitrogen and oxygen atoms in total. The third-order valence-electron chi connectivity index (χ3n) is 2.43. The molecule has 0 aliphatic carbocycles. The van der Waals surface area contributed by atoms with Crippen LogP contribution in [0.2, 0.25) is 0 Å². The Morgan fingerprint density at radius 2 is 2.12 bits per heavy atom. The number of imidazole rings is 1. The first-order chi connectivity index (χ1) is 7.84. The molecule has 3 rings (SSSR count). The number of halogens is 1. The number of rotatable bonds is 1. The first-order valence-corrected chi connectivity index (χ1v) is 5.67. The Bertz CT molecular complexity index is 631. The molecule has 4 heteroatoms. The summed E-state index contributed by atoms with van der Waals surface area (Å²) in [6.07, 6.45) is 5.40. The van der Waals surface area contributed by atoms with Gasteiger partial charge in [-0.3, -0.25) is 9.55 Å². The van der Waals surface area contributed by atoms with Crippen molar-refractivity contribution in [3.05, 3.63) is 53.5 Å². The monoisotopic (exact) mass is 273 g/mol. The van der Waals surface area contributed by atoms with Crippen LogP contribution in [0.5, 0.6) is 0 Å². The fraction of sp³-hybridized carbons (Fsp3) is 0. The van der Waals surface area contributed by atoms with Crippen LogP contribution in [0.15, 0.2) is 53.5 Å². The zero-order valence-electron chi connectivity index (χ0n) is 8.34. The summed E-state index contributed by atoms with van der Waals surface area (Å²) in [6, 6.07) is 9.98. The topological polar surface area (TPSA) is 30.7 Å². The van der Waals surface area contributed by atoms with Crippen LogP contribution >= 0.6 is 15.9 Å². The molecule has 0 spiro atoms. The first kappa shape index (κ1) is 9.54. The summed E-state index contributed by atoms with van der Waals surface area (Å²) in [5, 5.41) is 0. The number of fused-ring (bicyclic) bond motifs is 1. The molecular weight excluding hydrogens is 266 g/mol. The highest BCUT2D eigenvalue weighted by Crippen LogP contribution is 2.21. The molecule has 1 aromatic carbocycles. The molecule has 2 aromatic heterocycles. The van der Waals surface area contributed by atoms with Gasteiger partial charge in [0.15, 0.2) is 0 Å². The van der Waals surface area contributed by atoms with E-state index in [4.69, 9.17) is 0 Å². The number of benzene rings is 1. The molecule has 0 atom stereocenters. The van der Waals surface area contributed by atoms with Gasteiger partial charge in [-0.05, 0) is 30.3 Å². The van der Waals surface area contributed by atoms with Crippen molar-refractivity contribution in [2.75, 3.05) is 0 Å². The van der Waals surface area contributed by atoms with Crippen LogP contribution in [0.3, 0.4) is 0 Å². The molecule has 0 aliphatic heterocycles. The van der Waals surface area contributed by atoms with Crippen LogP contribution in [0.25, 0.3) is 16.7 Å². The minimum Gasteiger partial charge on any atom is -0.297 e. The highest BCUT2D eigenvalue weighted by molar-refractivity contribution is 9.10. The SMILES string of the molecule is Brc1ccc2c(c1)ncn2-c1cccnc1. The van der Waals surface area contributed by atoms with Gasteiger partial charge in [0.25, 0.3) is 0 Å². The lowest BCUT2D eigenvalue weighted by Gasteiger charge is -2.02. The molecule has 0 saturated heterocycles. The summed E-state index contributed by atoms with van der Waals surface area (Å²) in [6.45, 7) is 0. The summed E-state index contributed by atoms with van der Waals surface area (Å²) in [4.78, 5) is 8.47. The number of hydrogen-bond acceptors (Lipinski definition) is 2. The van der Waals surface area contributed by atoms with Gasteiger partial charge in [-0.2, -0.15) is 0 Å². The summed E-state index contributed by atoms with van der Waals surface area (Å²) in [7, 11) is 0. The number of nitrogens with zero attached hydrogens (tertiary/aromatic N) is 3. The molecule has 0 saturated carbocycles. The number of pyridine rings is 1. The van der Waals surface area contributed by atoms with Crippen molar-refractivity contribution in [1.29, 1.82) is 0 Å². The third-order valence-corrected chi connectivity index (χ3v) is 2.93. The van der Waals surface area contributed by atoms with Crippen molar-refractivity contribution in [2.24, 2.45) is 0 Å². The Balaban J connectivity index is 2.26. The molecule has 16 heavy (non-hydrogen) atoms. The second-order valence-corrected chi connectivity index (χ2v) is 4.37. The molecule has 0 aliphatic rings. The Morgan fingerprint density at radius 1 is 1.19 bits per heavy atom. The van der Waals surface area contributed by atoms with E-state index in [2.05, 4.69) is 25.9 Å². The maximum Gasteiger partial charge on any atom is 0.100 e. The van der Waals surface area contributed by atoms with Crippen molar-refractivity contribution in [3.63, 3.8) is 0 Å². The lowest BCUT2D eigenvalue weighted by atomic mass is 10.3. The van der Waals surface area contributed by atoms with Crippen LogP contribution in [0.1, 0.15) is 0 Å². The Kier molecular flexibility index (Phi) is 2.22. The van der Waals surface area contributed by atoms with Gasteiger partial charge in [-0.15, -0.1) is 0 Å². The summed E-state index contributed by atoms with van der Waals surface area (Å²) in [5.74, 6) is 0. The smallest absolute Gasteiger partial charge is 0.100 e. The van der Waals surface area contributed by atoms with E-state index in [-0.39, 0.29) is 0 Å². The first-order valence-electron chi connectivity index (χ1n) is 4.87. The summed E-state index contributed by atoms with van der Waals surface area (Å²) < 4.78 is 3.06. The predicted molar refractivity (Wildman–Crippen MR) is 66.6 cm³/mol. The van der Waals surface area contributed by atoms with Gasteiger partial charge in [0.1, 0.15) is 6.33 Å². The van der Waals surface area contributed by atoms with Gasteiger partial charge in [0.05, 0.1) is 22.9 Å². The fourth-order valence-electron chi connectivity index (χ4n) is 1.69. The van der Waals surface area contributed by atoms with E-state index in [0.717, 1.165) is 21.2 Å². The molecule has 78 valence electrons. The minimum atomic E-state index is 0.971. The molecule has 0 bridgehead atoms. The Hall–Kier alpha value is -1.68. The van der Waals surface area contributed by atoms with Crippen LogP contribution in [-0.4, -0.2) is 14.5 Å². The van der Waals surface area contributed by atoms with Crippen molar-refractivity contribution < 1.29 is 0 Å². The maximum absolute atomic E-state index is 4.36. The molecule has 0 N–H and O–H groups in total. The average Bonchev–Trinajstić information content (AvgIpc) is 2.73. The zero-order valence-corrected chi connectivity index (χ0v) is 9.92. The molecule has 2 heterocycles. The molecule has 0 radical (unpaired) electrons. The van der Waals surface area contributed by atoms with Gasteiger partial charge >= 0.3 is 0 Å². The van der Waals surface area contributed by atoms with E-state index < -0.39 is 0 Å². The second-order valence-electron chi connectivity index (χ2n) is 3.46. The fourth-order valence-corrected chi connectivity index (χ4v) is 2.04. The van der Waals surface area contributed by atoms with Crippen molar-refractivity contribution in [3.8, 4) is 5.69 Å². The molecule has 0 amide bonds. The normalized spacial score (nSPS) is 10.8. The van der Waals surface area contributed by atoms with Crippen molar-refractivity contribution in [1.82, 2.24) is 14.5 Å². The molecular formula is C12H8BrN3. The third kappa shape index (κ3) is 1.51. The Labute approximate surface area is 101 Å². The van der Waals surface area contributed by atoms with E-state index in [1.54, 1.807) is 6.20 Å². The van der Waals surface area contributed by atoms with Crippen LogP contribution in [0.4, 0.5) is 0 Å². The van der Waals surface area contributed by atoms with Crippen LogP contribution in [0, 0.1) is 0 Å². The van der Waals surface area contributed by atoms with E-state index in [1.807, 2.05) is 47.4 Å². The quantitative estimate of drug-likeness (QED) is 0.682. The van der Waals surface area contributed by atoms with Gasteiger partial charge < -0.3 is 0 Å². The molecule has 3 aromatic rings. The predicted octanol–water partition coefficient (Wildman–Crippen LogP) is 3.18. The zero-order chi connectivity index (χ0) is 11.0. The van der Waals surface area contributed by atoms with Crippen LogP contribution < -0.4 is 0 Å². The second kappa shape index (κ2) is 3.72. The minimum absolute atomic E-state index is 0.971. The lowest BCUT2D eigenvalue weighted by Crippen LogP contribution is -1.91. The average molecular weight is 274 g/mol. The van der Waals surface area contributed by atoms with Gasteiger partial charge in [-0.1, -0.05) is 15.9 Å². The molecule has 0 fully saturated rings. The van der Waals surface area contributed by atoms with Gasteiger partial charge in [-0.25, -0.2) is 4.98 Å². The highest BCUT2D eigenvalue weighted by Gasteiger charge is 2.04. The van der Waals surface area contributed by atoms with Crippen molar-refractivity contribution in [2.45, 2.75) is 0 Å².